The van der Waals surface area contributed by atoms with E-state index in [1.54, 1.807) is 6.07 Å². The van der Waals surface area contributed by atoms with E-state index in [1.165, 1.54) is 24.3 Å². The molecule has 1 heterocycles. The first-order chi connectivity index (χ1) is 10.2. The molecule has 2 atom stereocenters. The fourth-order valence-corrected chi connectivity index (χ4v) is 3.40. The van der Waals surface area contributed by atoms with E-state index < -0.39 is 0 Å². The summed E-state index contributed by atoms with van der Waals surface area (Å²) in [5.74, 6) is 0.559. The summed E-state index contributed by atoms with van der Waals surface area (Å²) in [7, 11) is 0. The Balaban J connectivity index is 1.70. The van der Waals surface area contributed by atoms with Crippen molar-refractivity contribution in [1.29, 1.82) is 0 Å². The zero-order valence-corrected chi connectivity index (χ0v) is 12.9. The second-order valence-electron chi connectivity index (χ2n) is 5.33. The van der Waals surface area contributed by atoms with Crippen LogP contribution in [0.5, 0.6) is 5.75 Å². The molecule has 1 nitrogen and oxygen atoms in total. The van der Waals surface area contributed by atoms with Crippen LogP contribution in [0.2, 0.25) is 0 Å². The molecule has 21 heavy (non-hydrogen) atoms. The van der Waals surface area contributed by atoms with Gasteiger partial charge < -0.3 is 4.74 Å². The van der Waals surface area contributed by atoms with Gasteiger partial charge >= 0.3 is 0 Å². The third-order valence-electron chi connectivity index (χ3n) is 3.84. The molecule has 2 aromatic rings. The molecule has 0 radical (unpaired) electrons. The standard InChI is InChI=1S/C17H15BrF2O/c18-10-13(11-1-3-14(19)4-2-11)9-16-8-12-7-15(20)5-6-17(12)21-16/h1-7,13,16H,8-10H2. The lowest BCUT2D eigenvalue weighted by molar-refractivity contribution is 0.213. The number of halogens is 3. The molecule has 3 rings (SSSR count). The molecule has 0 aliphatic carbocycles. The van der Waals surface area contributed by atoms with Crippen LogP contribution in [0, 0.1) is 11.6 Å². The number of ether oxygens (including phenoxy) is 1. The molecule has 0 amide bonds. The predicted molar refractivity (Wildman–Crippen MR) is 82.1 cm³/mol. The normalized spacial score (nSPS) is 18.1. The van der Waals surface area contributed by atoms with Crippen LogP contribution in [0.4, 0.5) is 8.78 Å². The summed E-state index contributed by atoms with van der Waals surface area (Å²) < 4.78 is 32.1. The van der Waals surface area contributed by atoms with Crippen molar-refractivity contribution in [3.05, 3.63) is 65.2 Å². The van der Waals surface area contributed by atoms with Crippen LogP contribution in [0.25, 0.3) is 0 Å². The Morgan fingerprint density at radius 3 is 2.52 bits per heavy atom. The van der Waals surface area contributed by atoms with Gasteiger partial charge in [0, 0.05) is 17.3 Å². The Morgan fingerprint density at radius 1 is 1.10 bits per heavy atom. The van der Waals surface area contributed by atoms with E-state index in [0.29, 0.717) is 0 Å². The second kappa shape index (κ2) is 6.14. The van der Waals surface area contributed by atoms with Gasteiger partial charge in [-0.1, -0.05) is 28.1 Å². The maximum absolute atomic E-state index is 13.2. The first-order valence-corrected chi connectivity index (χ1v) is 8.04. The summed E-state index contributed by atoms with van der Waals surface area (Å²) >= 11 is 3.52. The van der Waals surface area contributed by atoms with Crippen molar-refractivity contribution in [3.8, 4) is 5.75 Å². The van der Waals surface area contributed by atoms with E-state index in [4.69, 9.17) is 4.74 Å². The minimum atomic E-state index is -0.230. The van der Waals surface area contributed by atoms with Gasteiger partial charge in [0.15, 0.2) is 0 Å². The van der Waals surface area contributed by atoms with Gasteiger partial charge in [0.25, 0.3) is 0 Å². The fraction of sp³-hybridized carbons (Fsp3) is 0.294. The zero-order chi connectivity index (χ0) is 14.8. The lowest BCUT2D eigenvalue weighted by Gasteiger charge is -2.19. The van der Waals surface area contributed by atoms with E-state index >= 15 is 0 Å². The molecule has 0 spiro atoms. The smallest absolute Gasteiger partial charge is 0.123 e. The van der Waals surface area contributed by atoms with E-state index in [-0.39, 0.29) is 23.7 Å². The van der Waals surface area contributed by atoms with Crippen molar-refractivity contribution in [2.75, 3.05) is 5.33 Å². The maximum Gasteiger partial charge on any atom is 0.123 e. The predicted octanol–water partition coefficient (Wildman–Crippen LogP) is 4.84. The minimum absolute atomic E-state index is 0.0365. The molecule has 1 aliphatic rings. The van der Waals surface area contributed by atoms with Crippen molar-refractivity contribution < 1.29 is 13.5 Å². The molecule has 0 saturated heterocycles. The van der Waals surface area contributed by atoms with Crippen molar-refractivity contribution in [2.45, 2.75) is 24.9 Å². The number of fused-ring (bicyclic) bond motifs is 1. The van der Waals surface area contributed by atoms with Crippen LogP contribution in [0.1, 0.15) is 23.5 Å². The number of rotatable bonds is 4. The summed E-state index contributed by atoms with van der Waals surface area (Å²) in [6.07, 6.45) is 1.57. The van der Waals surface area contributed by atoms with Gasteiger partial charge in [0.2, 0.25) is 0 Å². The molecule has 0 saturated carbocycles. The summed E-state index contributed by atoms with van der Waals surface area (Å²) in [6, 6.07) is 11.2. The quantitative estimate of drug-likeness (QED) is 0.715. The molecule has 4 heteroatoms. The summed E-state index contributed by atoms with van der Waals surface area (Å²) in [6.45, 7) is 0. The lowest BCUT2D eigenvalue weighted by atomic mass is 9.93. The Bertz CT molecular complexity index is 627. The Morgan fingerprint density at radius 2 is 1.81 bits per heavy atom. The van der Waals surface area contributed by atoms with Crippen molar-refractivity contribution in [2.24, 2.45) is 0 Å². The summed E-state index contributed by atoms with van der Waals surface area (Å²) in [5, 5.41) is 0.781. The van der Waals surface area contributed by atoms with E-state index in [2.05, 4.69) is 15.9 Å². The third-order valence-corrected chi connectivity index (χ3v) is 4.62. The highest BCUT2D eigenvalue weighted by Gasteiger charge is 2.26. The second-order valence-corrected chi connectivity index (χ2v) is 5.98. The highest BCUT2D eigenvalue weighted by molar-refractivity contribution is 9.09. The molecular formula is C17H15BrF2O. The Hall–Kier alpha value is -1.42. The van der Waals surface area contributed by atoms with Crippen LogP contribution in [-0.2, 0) is 6.42 Å². The highest BCUT2D eigenvalue weighted by atomic mass is 79.9. The fourth-order valence-electron chi connectivity index (χ4n) is 2.76. The minimum Gasteiger partial charge on any atom is -0.490 e. The van der Waals surface area contributed by atoms with E-state index in [1.807, 2.05) is 12.1 Å². The summed E-state index contributed by atoms with van der Waals surface area (Å²) in [4.78, 5) is 0. The van der Waals surface area contributed by atoms with Gasteiger partial charge in [-0.15, -0.1) is 0 Å². The van der Waals surface area contributed by atoms with Crippen molar-refractivity contribution in [3.63, 3.8) is 0 Å². The zero-order valence-electron chi connectivity index (χ0n) is 11.4. The molecule has 0 N–H and O–H groups in total. The lowest BCUT2D eigenvalue weighted by Crippen LogP contribution is -2.18. The topological polar surface area (TPSA) is 9.23 Å². The van der Waals surface area contributed by atoms with Crippen LogP contribution in [-0.4, -0.2) is 11.4 Å². The average Bonchev–Trinajstić information content (AvgIpc) is 2.87. The van der Waals surface area contributed by atoms with E-state index in [0.717, 1.165) is 35.0 Å². The largest absolute Gasteiger partial charge is 0.490 e. The van der Waals surface area contributed by atoms with E-state index in [9.17, 15) is 8.78 Å². The van der Waals surface area contributed by atoms with Gasteiger partial charge in [0.1, 0.15) is 23.5 Å². The van der Waals surface area contributed by atoms with Crippen LogP contribution in [0.3, 0.4) is 0 Å². The Labute approximate surface area is 131 Å². The van der Waals surface area contributed by atoms with Gasteiger partial charge in [-0.25, -0.2) is 8.78 Å². The van der Waals surface area contributed by atoms with Crippen molar-refractivity contribution >= 4 is 15.9 Å². The molecular weight excluding hydrogens is 338 g/mol. The molecule has 2 unspecified atom stereocenters. The Kier molecular flexibility index (Phi) is 4.24. The van der Waals surface area contributed by atoms with Gasteiger partial charge in [-0.05, 0) is 48.2 Å². The number of benzene rings is 2. The van der Waals surface area contributed by atoms with Crippen LogP contribution >= 0.6 is 15.9 Å². The first kappa shape index (κ1) is 14.5. The molecule has 110 valence electrons. The average molecular weight is 353 g/mol. The van der Waals surface area contributed by atoms with Crippen LogP contribution in [0.15, 0.2) is 42.5 Å². The summed E-state index contributed by atoms with van der Waals surface area (Å²) in [5.41, 5.74) is 2.01. The number of alkyl halides is 1. The van der Waals surface area contributed by atoms with Crippen molar-refractivity contribution in [1.82, 2.24) is 0 Å². The van der Waals surface area contributed by atoms with Crippen LogP contribution < -0.4 is 4.74 Å². The molecule has 0 fully saturated rings. The molecule has 2 aromatic carbocycles. The number of hydrogen-bond donors (Lipinski definition) is 0. The highest BCUT2D eigenvalue weighted by Crippen LogP contribution is 2.34. The number of hydrogen-bond acceptors (Lipinski definition) is 1. The molecule has 0 aromatic heterocycles. The third kappa shape index (κ3) is 3.26. The molecule has 0 bridgehead atoms. The SMILES string of the molecule is Fc1ccc(C(CBr)CC2Cc3cc(F)ccc3O2)cc1. The van der Waals surface area contributed by atoms with Gasteiger partial charge in [-0.3, -0.25) is 0 Å². The van der Waals surface area contributed by atoms with Gasteiger partial charge in [0.05, 0.1) is 0 Å². The monoisotopic (exact) mass is 352 g/mol. The molecule has 1 aliphatic heterocycles. The first-order valence-electron chi connectivity index (χ1n) is 6.92. The maximum atomic E-state index is 13.2. The van der Waals surface area contributed by atoms with Gasteiger partial charge in [-0.2, -0.15) is 0 Å².